The van der Waals surface area contributed by atoms with E-state index in [-0.39, 0.29) is 28.4 Å². The molecular formula is C17H18N2O6S2. The summed E-state index contributed by atoms with van der Waals surface area (Å²) in [6.07, 6.45) is 2.60. The molecule has 2 rings (SSSR count). The molecule has 0 spiro atoms. The Bertz CT molecular complexity index is 1070. The molecule has 144 valence electrons. The van der Waals surface area contributed by atoms with E-state index in [4.69, 9.17) is 0 Å². The van der Waals surface area contributed by atoms with Gasteiger partial charge in [0, 0.05) is 30.9 Å². The van der Waals surface area contributed by atoms with Crippen molar-refractivity contribution in [1.29, 1.82) is 0 Å². The monoisotopic (exact) mass is 410 g/mol. The fourth-order valence-electron chi connectivity index (χ4n) is 2.36. The van der Waals surface area contributed by atoms with Crippen molar-refractivity contribution in [3.8, 4) is 0 Å². The highest BCUT2D eigenvalue weighted by atomic mass is 32.2. The van der Waals surface area contributed by atoms with Crippen molar-refractivity contribution in [3.05, 3.63) is 76.4 Å². The summed E-state index contributed by atoms with van der Waals surface area (Å²) in [6, 6.07) is 9.66. The zero-order chi connectivity index (χ0) is 20.2. The molecule has 8 nitrogen and oxygen atoms in total. The highest BCUT2D eigenvalue weighted by Gasteiger charge is 2.21. The molecule has 0 unspecified atom stereocenters. The minimum atomic E-state index is -3.88. The highest BCUT2D eigenvalue weighted by molar-refractivity contribution is 7.90. The van der Waals surface area contributed by atoms with Crippen LogP contribution in [0, 0.1) is 10.1 Å². The maximum Gasteiger partial charge on any atom is 0.274 e. The summed E-state index contributed by atoms with van der Waals surface area (Å²) in [5, 5.41) is 11.4. The van der Waals surface area contributed by atoms with Gasteiger partial charge >= 0.3 is 0 Å². The normalized spacial score (nSPS) is 11.9. The molecule has 0 atom stereocenters. The van der Waals surface area contributed by atoms with Crippen molar-refractivity contribution in [3.63, 3.8) is 0 Å². The molecule has 0 amide bonds. The lowest BCUT2D eigenvalue weighted by Crippen LogP contribution is -2.23. The fourth-order valence-corrected chi connectivity index (χ4v) is 4.01. The fraction of sp³-hybridized carbons (Fsp3) is 0.176. The third-order valence-electron chi connectivity index (χ3n) is 3.73. The average Bonchev–Trinajstić information content (AvgIpc) is 2.59. The van der Waals surface area contributed by atoms with E-state index >= 15 is 0 Å². The number of hydrogen-bond acceptors (Lipinski definition) is 6. The summed E-state index contributed by atoms with van der Waals surface area (Å²) in [7, 11) is -7.22. The summed E-state index contributed by atoms with van der Waals surface area (Å²) in [4.78, 5) is 10.7. The first-order valence-electron chi connectivity index (χ1n) is 7.71. The Kier molecular flexibility index (Phi) is 6.14. The van der Waals surface area contributed by atoms with Gasteiger partial charge < -0.3 is 0 Å². The Morgan fingerprint density at radius 2 is 1.67 bits per heavy atom. The minimum absolute atomic E-state index is 0.00453. The molecule has 0 saturated carbocycles. The van der Waals surface area contributed by atoms with Gasteiger partial charge in [0.25, 0.3) is 5.69 Å². The standard InChI is InChI=1S/C17H18N2O6S2/c1-3-10-18-27(24,25)16-9-6-14(17(12-16)19(20)21)11-13-4-7-15(8-5-13)26(2,22)23/h3-9,12,18H,1,10-11H2,2H3. The van der Waals surface area contributed by atoms with E-state index in [0.29, 0.717) is 11.1 Å². The van der Waals surface area contributed by atoms with E-state index in [1.807, 2.05) is 0 Å². The number of sulfonamides is 1. The number of nitro groups is 1. The number of hydrogen-bond donors (Lipinski definition) is 1. The van der Waals surface area contributed by atoms with Crippen molar-refractivity contribution in [2.24, 2.45) is 0 Å². The molecule has 2 aromatic rings. The van der Waals surface area contributed by atoms with Gasteiger partial charge in [0.15, 0.2) is 9.84 Å². The van der Waals surface area contributed by atoms with Gasteiger partial charge in [-0.05, 0) is 23.8 Å². The predicted molar refractivity (Wildman–Crippen MR) is 101 cm³/mol. The summed E-state index contributed by atoms with van der Waals surface area (Å²) < 4.78 is 49.5. The number of nitrogens with one attached hydrogen (secondary N) is 1. The molecule has 0 aliphatic rings. The first-order valence-corrected chi connectivity index (χ1v) is 11.1. The second-order valence-electron chi connectivity index (χ2n) is 5.78. The van der Waals surface area contributed by atoms with Crippen LogP contribution in [0.25, 0.3) is 0 Å². The van der Waals surface area contributed by atoms with Gasteiger partial charge in [0.2, 0.25) is 10.0 Å². The largest absolute Gasteiger partial charge is 0.274 e. The number of rotatable bonds is 8. The first-order chi connectivity index (χ1) is 12.5. The van der Waals surface area contributed by atoms with E-state index in [1.54, 1.807) is 12.1 Å². The Morgan fingerprint density at radius 3 is 2.19 bits per heavy atom. The SMILES string of the molecule is C=CCNS(=O)(=O)c1ccc(Cc2ccc(S(C)(=O)=O)cc2)c([N+](=O)[O-])c1. The summed E-state index contributed by atoms with van der Waals surface area (Å²) >= 11 is 0. The zero-order valence-electron chi connectivity index (χ0n) is 14.5. The molecule has 0 aromatic heterocycles. The summed E-state index contributed by atoms with van der Waals surface area (Å²) in [5.74, 6) is 0. The van der Waals surface area contributed by atoms with Crippen LogP contribution in [0.2, 0.25) is 0 Å². The zero-order valence-corrected chi connectivity index (χ0v) is 16.1. The van der Waals surface area contributed by atoms with Crippen LogP contribution in [0.1, 0.15) is 11.1 Å². The van der Waals surface area contributed by atoms with Gasteiger partial charge in [-0.1, -0.05) is 24.3 Å². The van der Waals surface area contributed by atoms with Gasteiger partial charge in [-0.2, -0.15) is 0 Å². The van der Waals surface area contributed by atoms with E-state index in [9.17, 15) is 26.9 Å². The Hall–Kier alpha value is -2.56. The van der Waals surface area contributed by atoms with Crippen LogP contribution in [0.4, 0.5) is 5.69 Å². The van der Waals surface area contributed by atoms with Gasteiger partial charge in [-0.25, -0.2) is 21.6 Å². The lowest BCUT2D eigenvalue weighted by atomic mass is 10.0. The highest BCUT2D eigenvalue weighted by Crippen LogP contribution is 2.26. The van der Waals surface area contributed by atoms with Gasteiger partial charge in [0.1, 0.15) is 0 Å². The molecule has 0 fully saturated rings. The van der Waals surface area contributed by atoms with Crippen molar-refractivity contribution in [1.82, 2.24) is 4.72 Å². The maximum absolute atomic E-state index is 12.1. The summed E-state index contributed by atoms with van der Waals surface area (Å²) in [6.45, 7) is 3.42. The minimum Gasteiger partial charge on any atom is -0.258 e. The number of sulfone groups is 1. The molecule has 1 N–H and O–H groups in total. The van der Waals surface area contributed by atoms with Crippen LogP contribution in [-0.2, 0) is 26.3 Å². The van der Waals surface area contributed by atoms with Crippen molar-refractivity contribution in [2.75, 3.05) is 12.8 Å². The van der Waals surface area contributed by atoms with Crippen LogP contribution < -0.4 is 4.72 Å². The third-order valence-corrected chi connectivity index (χ3v) is 6.28. The molecule has 0 saturated heterocycles. The number of nitro benzene ring substituents is 1. The second-order valence-corrected chi connectivity index (χ2v) is 9.56. The first kappa shape index (κ1) is 20.7. The van der Waals surface area contributed by atoms with E-state index in [2.05, 4.69) is 11.3 Å². The van der Waals surface area contributed by atoms with Crippen LogP contribution in [0.3, 0.4) is 0 Å². The third kappa shape index (κ3) is 5.22. The smallest absolute Gasteiger partial charge is 0.258 e. The maximum atomic E-state index is 12.1. The lowest BCUT2D eigenvalue weighted by Gasteiger charge is -2.08. The van der Waals surface area contributed by atoms with Crippen molar-refractivity contribution < 1.29 is 21.8 Å². The van der Waals surface area contributed by atoms with E-state index in [1.165, 1.54) is 30.3 Å². The van der Waals surface area contributed by atoms with Crippen LogP contribution in [0.15, 0.2) is 64.9 Å². The van der Waals surface area contributed by atoms with Gasteiger partial charge in [-0.15, -0.1) is 6.58 Å². The molecule has 0 aliphatic heterocycles. The van der Waals surface area contributed by atoms with Gasteiger partial charge in [0.05, 0.1) is 14.7 Å². The Balaban J connectivity index is 2.37. The molecule has 10 heteroatoms. The van der Waals surface area contributed by atoms with E-state index in [0.717, 1.165) is 12.3 Å². The summed E-state index contributed by atoms with van der Waals surface area (Å²) in [5.41, 5.74) is 0.643. The molecule has 2 aromatic carbocycles. The predicted octanol–water partition coefficient (Wildman–Crippen LogP) is 2.05. The number of benzene rings is 2. The van der Waals surface area contributed by atoms with Gasteiger partial charge in [-0.3, -0.25) is 10.1 Å². The Morgan fingerprint density at radius 1 is 1.07 bits per heavy atom. The van der Waals surface area contributed by atoms with Crippen LogP contribution in [-0.4, -0.2) is 34.6 Å². The van der Waals surface area contributed by atoms with Crippen LogP contribution in [0.5, 0.6) is 0 Å². The quantitative estimate of drug-likeness (QED) is 0.404. The second kappa shape index (κ2) is 7.99. The molecular weight excluding hydrogens is 392 g/mol. The average molecular weight is 410 g/mol. The van der Waals surface area contributed by atoms with Crippen molar-refractivity contribution in [2.45, 2.75) is 16.2 Å². The number of nitrogens with zero attached hydrogens (tertiary/aromatic N) is 1. The molecule has 0 bridgehead atoms. The lowest BCUT2D eigenvalue weighted by molar-refractivity contribution is -0.385. The van der Waals surface area contributed by atoms with Crippen LogP contribution >= 0.6 is 0 Å². The Labute approximate surface area is 157 Å². The molecule has 0 aliphatic carbocycles. The molecule has 0 heterocycles. The van der Waals surface area contributed by atoms with Crippen molar-refractivity contribution >= 4 is 25.5 Å². The topological polar surface area (TPSA) is 123 Å². The molecule has 27 heavy (non-hydrogen) atoms. The molecule has 0 radical (unpaired) electrons. The van der Waals surface area contributed by atoms with E-state index < -0.39 is 24.8 Å².